The number of hydrogen-bond donors (Lipinski definition) is 2. The van der Waals surface area contributed by atoms with Crippen LogP contribution in [0.25, 0.3) is 11.0 Å². The minimum absolute atomic E-state index is 0.0703. The zero-order valence-electron chi connectivity index (χ0n) is 37.6. The first-order valence-electron chi connectivity index (χ1n) is 23.8. The van der Waals surface area contributed by atoms with E-state index in [1.54, 1.807) is 11.0 Å². The van der Waals surface area contributed by atoms with Crippen molar-refractivity contribution >= 4 is 34.4 Å². The summed E-state index contributed by atoms with van der Waals surface area (Å²) in [5.74, 6) is -1.35. The van der Waals surface area contributed by atoms with E-state index in [9.17, 15) is 24.3 Å². The fraction of sp³-hybridized carbons (Fsp3) is 0.755. The van der Waals surface area contributed by atoms with Crippen LogP contribution in [0.1, 0.15) is 218 Å². The standard InChI is InChI=1S/C49H83N3O6/c1-6-10-12-14-15-16-17-18-19-23-26-30-34-44(48(55)56)50-46(53)35-31-27-24-21-20-22-25-29-33-41(32-28-13-11-7-2)51(5)47(54)43-38-40-36-37-42(52(8-3)9-4)39-45(40)58-49(43)57/h36-39,41,44H,6-35H2,1-5H3,(H,50,53)(H,55,56). The number of amides is 2. The van der Waals surface area contributed by atoms with Gasteiger partial charge in [0.25, 0.3) is 5.91 Å². The molecule has 9 heteroatoms. The van der Waals surface area contributed by atoms with Crippen LogP contribution in [0.15, 0.2) is 33.5 Å². The summed E-state index contributed by atoms with van der Waals surface area (Å²) in [4.78, 5) is 55.1. The molecule has 9 nitrogen and oxygen atoms in total. The van der Waals surface area contributed by atoms with Gasteiger partial charge in [-0.25, -0.2) is 9.59 Å². The van der Waals surface area contributed by atoms with Crippen LogP contribution in [0.3, 0.4) is 0 Å². The number of carboxylic acids is 1. The zero-order chi connectivity index (χ0) is 42.4. The smallest absolute Gasteiger partial charge is 0.349 e. The Morgan fingerprint density at radius 3 is 1.60 bits per heavy atom. The number of fused-ring (bicyclic) bond motifs is 1. The van der Waals surface area contributed by atoms with Gasteiger partial charge in [0.05, 0.1) is 0 Å². The maximum absolute atomic E-state index is 13.7. The largest absolute Gasteiger partial charge is 0.480 e. The topological polar surface area (TPSA) is 120 Å². The molecule has 2 amide bonds. The molecule has 0 radical (unpaired) electrons. The van der Waals surface area contributed by atoms with Crippen LogP contribution in [-0.2, 0) is 9.59 Å². The van der Waals surface area contributed by atoms with E-state index in [1.165, 1.54) is 64.2 Å². The molecule has 0 fully saturated rings. The van der Waals surface area contributed by atoms with Gasteiger partial charge < -0.3 is 24.6 Å². The van der Waals surface area contributed by atoms with E-state index in [-0.39, 0.29) is 23.4 Å². The van der Waals surface area contributed by atoms with Gasteiger partial charge >= 0.3 is 11.6 Å². The van der Waals surface area contributed by atoms with Crippen LogP contribution in [0, 0.1) is 0 Å². The number of benzene rings is 1. The van der Waals surface area contributed by atoms with Crippen molar-refractivity contribution in [2.24, 2.45) is 0 Å². The molecule has 0 aliphatic rings. The van der Waals surface area contributed by atoms with E-state index in [2.05, 4.69) is 37.9 Å². The second kappa shape index (κ2) is 31.5. The number of carbonyl (C=O) groups excluding carboxylic acids is 2. The average Bonchev–Trinajstić information content (AvgIpc) is 3.21. The molecule has 2 unspecified atom stereocenters. The van der Waals surface area contributed by atoms with Gasteiger partial charge in [-0.3, -0.25) is 9.59 Å². The summed E-state index contributed by atoms with van der Waals surface area (Å²) < 4.78 is 5.70. The number of aliphatic carboxylic acids is 1. The maximum atomic E-state index is 13.7. The van der Waals surface area contributed by atoms with Crippen LogP contribution >= 0.6 is 0 Å². The Bertz CT molecular complexity index is 1470. The molecule has 0 aliphatic heterocycles. The summed E-state index contributed by atoms with van der Waals surface area (Å²) in [6, 6.07) is 6.82. The van der Waals surface area contributed by atoms with E-state index in [0.29, 0.717) is 18.4 Å². The molecule has 330 valence electrons. The predicted octanol–water partition coefficient (Wildman–Crippen LogP) is 12.6. The van der Waals surface area contributed by atoms with Crippen molar-refractivity contribution in [1.29, 1.82) is 0 Å². The molecule has 1 aromatic heterocycles. The Balaban J connectivity index is 1.67. The van der Waals surface area contributed by atoms with E-state index < -0.39 is 17.6 Å². The van der Waals surface area contributed by atoms with Crippen molar-refractivity contribution in [3.63, 3.8) is 0 Å². The summed E-state index contributed by atoms with van der Waals surface area (Å²) in [6.45, 7) is 10.3. The summed E-state index contributed by atoms with van der Waals surface area (Å²) in [7, 11) is 1.84. The Morgan fingerprint density at radius 1 is 0.638 bits per heavy atom. The van der Waals surface area contributed by atoms with Gasteiger partial charge in [-0.1, -0.05) is 162 Å². The maximum Gasteiger partial charge on any atom is 0.349 e. The molecule has 2 N–H and O–H groups in total. The number of nitrogens with zero attached hydrogens (tertiary/aromatic N) is 2. The van der Waals surface area contributed by atoms with E-state index >= 15 is 0 Å². The van der Waals surface area contributed by atoms with E-state index in [1.807, 2.05) is 25.2 Å². The Kier molecular flexibility index (Phi) is 27.6. The fourth-order valence-corrected chi connectivity index (χ4v) is 8.17. The van der Waals surface area contributed by atoms with Gasteiger partial charge in [-0.2, -0.15) is 0 Å². The molecular formula is C49H83N3O6. The molecule has 58 heavy (non-hydrogen) atoms. The number of anilines is 1. The lowest BCUT2D eigenvalue weighted by Gasteiger charge is -2.28. The van der Waals surface area contributed by atoms with E-state index in [4.69, 9.17) is 4.42 Å². The minimum atomic E-state index is -0.931. The Labute approximate surface area is 352 Å². The minimum Gasteiger partial charge on any atom is -0.480 e. The highest BCUT2D eigenvalue weighted by molar-refractivity contribution is 5.97. The first-order valence-corrected chi connectivity index (χ1v) is 23.8. The van der Waals surface area contributed by atoms with Gasteiger partial charge in [0, 0.05) is 49.7 Å². The van der Waals surface area contributed by atoms with Gasteiger partial charge in [0.15, 0.2) is 0 Å². The third kappa shape index (κ3) is 20.6. The summed E-state index contributed by atoms with van der Waals surface area (Å²) in [6.07, 6.45) is 30.4. The summed E-state index contributed by atoms with van der Waals surface area (Å²) >= 11 is 0. The average molecular weight is 810 g/mol. The molecule has 1 aromatic carbocycles. The molecule has 0 spiro atoms. The highest BCUT2D eigenvalue weighted by Gasteiger charge is 2.24. The first kappa shape index (κ1) is 50.8. The zero-order valence-corrected chi connectivity index (χ0v) is 37.6. The van der Waals surface area contributed by atoms with Crippen LogP contribution < -0.4 is 15.8 Å². The third-order valence-corrected chi connectivity index (χ3v) is 12.0. The van der Waals surface area contributed by atoms with Gasteiger partial charge in [-0.05, 0) is 57.7 Å². The van der Waals surface area contributed by atoms with Crippen molar-refractivity contribution in [3.8, 4) is 0 Å². The number of rotatable bonds is 36. The quantitative estimate of drug-likeness (QED) is 0.0519. The van der Waals surface area contributed by atoms with Crippen molar-refractivity contribution < 1.29 is 23.9 Å². The fourth-order valence-electron chi connectivity index (χ4n) is 8.17. The highest BCUT2D eigenvalue weighted by atomic mass is 16.4. The third-order valence-electron chi connectivity index (χ3n) is 12.0. The normalized spacial score (nSPS) is 12.4. The van der Waals surface area contributed by atoms with Crippen LogP contribution in [0.5, 0.6) is 0 Å². The number of carboxylic acid groups (broad SMARTS) is 1. The van der Waals surface area contributed by atoms with Gasteiger partial charge in [0.2, 0.25) is 5.91 Å². The van der Waals surface area contributed by atoms with Crippen LogP contribution in [0.4, 0.5) is 5.69 Å². The second-order valence-electron chi connectivity index (χ2n) is 16.8. The van der Waals surface area contributed by atoms with Crippen molar-refractivity contribution in [2.75, 3.05) is 25.0 Å². The molecular weight excluding hydrogens is 727 g/mol. The Morgan fingerprint density at radius 2 is 1.10 bits per heavy atom. The molecule has 2 rings (SSSR count). The predicted molar refractivity (Wildman–Crippen MR) is 242 cm³/mol. The lowest BCUT2D eigenvalue weighted by atomic mass is 9.98. The van der Waals surface area contributed by atoms with Crippen molar-refractivity contribution in [2.45, 2.75) is 220 Å². The van der Waals surface area contributed by atoms with Crippen LogP contribution in [-0.4, -0.2) is 60.0 Å². The Hall–Kier alpha value is -3.36. The van der Waals surface area contributed by atoms with Crippen molar-refractivity contribution in [3.05, 3.63) is 40.2 Å². The lowest BCUT2D eigenvalue weighted by molar-refractivity contribution is -0.142. The van der Waals surface area contributed by atoms with Gasteiger partial charge in [-0.15, -0.1) is 0 Å². The summed E-state index contributed by atoms with van der Waals surface area (Å²) in [5, 5.41) is 13.2. The molecule has 2 aromatic rings. The molecule has 1 heterocycles. The monoisotopic (exact) mass is 810 g/mol. The second-order valence-corrected chi connectivity index (χ2v) is 16.8. The molecule has 0 aliphatic carbocycles. The first-order chi connectivity index (χ1) is 28.2. The SMILES string of the molecule is CCCCCCCCCCCCCCC(NC(=O)CCCCCCCCCCC(CCCCCC)N(C)C(=O)c1cc2ccc(N(CC)CC)cc2oc1=O)C(=O)O. The van der Waals surface area contributed by atoms with Crippen LogP contribution in [0.2, 0.25) is 0 Å². The lowest BCUT2D eigenvalue weighted by Crippen LogP contribution is -2.40. The van der Waals surface area contributed by atoms with E-state index in [0.717, 1.165) is 127 Å². The molecule has 2 atom stereocenters. The highest BCUT2D eigenvalue weighted by Crippen LogP contribution is 2.24. The summed E-state index contributed by atoms with van der Waals surface area (Å²) in [5.41, 5.74) is 1.01. The molecule has 0 bridgehead atoms. The number of nitrogens with one attached hydrogen (secondary N) is 1. The molecule has 0 saturated carbocycles. The number of carbonyl (C=O) groups is 3. The van der Waals surface area contributed by atoms with Gasteiger partial charge in [0.1, 0.15) is 17.2 Å². The number of unbranched alkanes of at least 4 members (excludes halogenated alkanes) is 21. The van der Waals surface area contributed by atoms with Crippen molar-refractivity contribution in [1.82, 2.24) is 10.2 Å². The number of hydrogen-bond acceptors (Lipinski definition) is 6. The molecule has 0 saturated heterocycles.